The van der Waals surface area contributed by atoms with Crippen molar-refractivity contribution in [2.24, 2.45) is 11.2 Å². The molecule has 0 spiro atoms. The fraction of sp³-hybridized carbons (Fsp3) is 1.00. The SMILES string of the molecule is O=NN1CC(OCC2CC2)C1. The molecule has 0 bridgehead atoms. The standard InChI is InChI=1S/C7H12N2O2/c10-8-9-3-7(4-9)11-5-6-1-2-6/h6-7H,1-5H2. The van der Waals surface area contributed by atoms with Crippen molar-refractivity contribution in [3.05, 3.63) is 4.91 Å². The van der Waals surface area contributed by atoms with E-state index in [1.54, 1.807) is 0 Å². The molecule has 0 N–H and O–H groups in total. The Hall–Kier alpha value is -0.640. The molecule has 4 heteroatoms. The van der Waals surface area contributed by atoms with Gasteiger partial charge < -0.3 is 4.74 Å². The van der Waals surface area contributed by atoms with Crippen LogP contribution < -0.4 is 0 Å². The maximum atomic E-state index is 9.90. The quantitative estimate of drug-likeness (QED) is 0.565. The minimum absolute atomic E-state index is 0.272. The van der Waals surface area contributed by atoms with Gasteiger partial charge in [-0.15, -0.1) is 4.91 Å². The molecule has 0 aromatic carbocycles. The molecule has 2 fully saturated rings. The molecule has 0 aromatic rings. The largest absolute Gasteiger partial charge is 0.374 e. The molecule has 4 nitrogen and oxygen atoms in total. The lowest BCUT2D eigenvalue weighted by molar-refractivity contribution is -0.0578. The lowest BCUT2D eigenvalue weighted by Crippen LogP contribution is -2.49. The van der Waals surface area contributed by atoms with Crippen molar-refractivity contribution in [2.45, 2.75) is 18.9 Å². The maximum Gasteiger partial charge on any atom is 0.0960 e. The first-order valence-electron chi connectivity index (χ1n) is 4.08. The summed E-state index contributed by atoms with van der Waals surface area (Å²) in [4.78, 5) is 9.90. The van der Waals surface area contributed by atoms with Crippen LogP contribution in [-0.2, 0) is 4.74 Å². The fourth-order valence-corrected chi connectivity index (χ4v) is 1.15. The van der Waals surface area contributed by atoms with E-state index in [2.05, 4.69) is 5.29 Å². The van der Waals surface area contributed by atoms with Crippen LogP contribution in [0.4, 0.5) is 0 Å². The second kappa shape index (κ2) is 2.77. The summed E-state index contributed by atoms with van der Waals surface area (Å²) in [7, 11) is 0. The van der Waals surface area contributed by atoms with Crippen LogP contribution in [0.1, 0.15) is 12.8 Å². The minimum Gasteiger partial charge on any atom is -0.374 e. The molecule has 1 heterocycles. The van der Waals surface area contributed by atoms with Gasteiger partial charge in [0.05, 0.1) is 24.5 Å². The van der Waals surface area contributed by atoms with Crippen LogP contribution in [0.25, 0.3) is 0 Å². The molecule has 1 saturated carbocycles. The average molecular weight is 156 g/mol. The number of hydrogen-bond donors (Lipinski definition) is 0. The van der Waals surface area contributed by atoms with Gasteiger partial charge in [0.25, 0.3) is 0 Å². The lowest BCUT2D eigenvalue weighted by atomic mass is 10.2. The third-order valence-electron chi connectivity index (χ3n) is 2.21. The van der Waals surface area contributed by atoms with E-state index in [9.17, 15) is 4.91 Å². The molecule has 0 unspecified atom stereocenters. The first kappa shape index (κ1) is 7.03. The number of hydrogen-bond acceptors (Lipinski definition) is 3. The molecule has 1 aliphatic heterocycles. The van der Waals surface area contributed by atoms with E-state index in [1.165, 1.54) is 17.9 Å². The highest BCUT2D eigenvalue weighted by molar-refractivity contribution is 4.79. The third kappa shape index (κ3) is 1.68. The number of nitroso groups, excluding NO2 is 1. The molecule has 11 heavy (non-hydrogen) atoms. The normalized spacial score (nSPS) is 24.9. The van der Waals surface area contributed by atoms with Crippen molar-refractivity contribution in [3.8, 4) is 0 Å². The Balaban J connectivity index is 1.55. The van der Waals surface area contributed by atoms with Crippen LogP contribution in [0.3, 0.4) is 0 Å². The van der Waals surface area contributed by atoms with E-state index < -0.39 is 0 Å². The van der Waals surface area contributed by atoms with E-state index in [0.717, 1.165) is 12.5 Å². The Morgan fingerprint density at radius 3 is 2.73 bits per heavy atom. The summed E-state index contributed by atoms with van der Waals surface area (Å²) in [6.07, 6.45) is 2.92. The smallest absolute Gasteiger partial charge is 0.0960 e. The lowest BCUT2D eigenvalue weighted by Gasteiger charge is -2.33. The molecular weight excluding hydrogens is 144 g/mol. The predicted molar refractivity (Wildman–Crippen MR) is 39.8 cm³/mol. The van der Waals surface area contributed by atoms with Crippen molar-refractivity contribution in [1.82, 2.24) is 5.01 Å². The Kier molecular flexibility index (Phi) is 1.77. The highest BCUT2D eigenvalue weighted by atomic mass is 16.5. The van der Waals surface area contributed by atoms with Gasteiger partial charge in [-0.3, -0.25) is 5.01 Å². The molecule has 2 aliphatic rings. The van der Waals surface area contributed by atoms with E-state index in [4.69, 9.17) is 4.74 Å². The molecular formula is C7H12N2O2. The first-order valence-corrected chi connectivity index (χ1v) is 4.08. The van der Waals surface area contributed by atoms with E-state index >= 15 is 0 Å². The fourth-order valence-electron chi connectivity index (χ4n) is 1.15. The molecule has 1 saturated heterocycles. The van der Waals surface area contributed by atoms with Gasteiger partial charge in [-0.2, -0.15) is 0 Å². The van der Waals surface area contributed by atoms with Crippen molar-refractivity contribution in [3.63, 3.8) is 0 Å². The van der Waals surface area contributed by atoms with Crippen LogP contribution in [0.5, 0.6) is 0 Å². The maximum absolute atomic E-state index is 9.90. The summed E-state index contributed by atoms with van der Waals surface area (Å²) < 4.78 is 5.49. The minimum atomic E-state index is 0.272. The van der Waals surface area contributed by atoms with Crippen molar-refractivity contribution in [2.75, 3.05) is 19.7 Å². The second-order valence-corrected chi connectivity index (χ2v) is 3.35. The monoisotopic (exact) mass is 156 g/mol. The van der Waals surface area contributed by atoms with Crippen LogP contribution in [-0.4, -0.2) is 30.8 Å². The third-order valence-corrected chi connectivity index (χ3v) is 2.21. The van der Waals surface area contributed by atoms with E-state index in [1.807, 2.05) is 0 Å². The van der Waals surface area contributed by atoms with Crippen molar-refractivity contribution >= 4 is 0 Å². The van der Waals surface area contributed by atoms with Gasteiger partial charge >= 0.3 is 0 Å². The van der Waals surface area contributed by atoms with Gasteiger partial charge in [0, 0.05) is 6.61 Å². The van der Waals surface area contributed by atoms with Crippen LogP contribution in [0.2, 0.25) is 0 Å². The zero-order chi connectivity index (χ0) is 7.68. The first-order chi connectivity index (χ1) is 5.38. The molecule has 2 rings (SSSR count). The highest BCUT2D eigenvalue weighted by Gasteiger charge is 2.30. The summed E-state index contributed by atoms with van der Waals surface area (Å²) in [5, 5.41) is 4.27. The number of ether oxygens (including phenoxy) is 1. The van der Waals surface area contributed by atoms with Crippen molar-refractivity contribution < 1.29 is 4.74 Å². The van der Waals surface area contributed by atoms with Gasteiger partial charge in [0.2, 0.25) is 0 Å². The molecule has 0 amide bonds. The van der Waals surface area contributed by atoms with Gasteiger partial charge in [0.15, 0.2) is 0 Å². The Morgan fingerprint density at radius 1 is 1.45 bits per heavy atom. The summed E-state index contributed by atoms with van der Waals surface area (Å²) in [5.74, 6) is 0.813. The molecule has 0 atom stereocenters. The number of nitrogens with zero attached hydrogens (tertiary/aromatic N) is 2. The predicted octanol–water partition coefficient (Wildman–Crippen LogP) is 0.779. The number of rotatable bonds is 4. The summed E-state index contributed by atoms with van der Waals surface area (Å²) in [6.45, 7) is 2.27. The highest BCUT2D eigenvalue weighted by Crippen LogP contribution is 2.29. The van der Waals surface area contributed by atoms with E-state index in [0.29, 0.717) is 13.1 Å². The van der Waals surface area contributed by atoms with Crippen LogP contribution in [0, 0.1) is 10.8 Å². The van der Waals surface area contributed by atoms with Gasteiger partial charge in [0.1, 0.15) is 0 Å². The molecule has 62 valence electrons. The Bertz CT molecular complexity index is 153. The molecule has 1 aliphatic carbocycles. The zero-order valence-corrected chi connectivity index (χ0v) is 6.40. The van der Waals surface area contributed by atoms with Crippen LogP contribution >= 0.6 is 0 Å². The topological polar surface area (TPSA) is 41.9 Å². The van der Waals surface area contributed by atoms with Gasteiger partial charge in [-0.05, 0) is 18.8 Å². The van der Waals surface area contributed by atoms with Gasteiger partial charge in [-0.1, -0.05) is 0 Å². The summed E-state index contributed by atoms with van der Waals surface area (Å²) in [5.41, 5.74) is 0. The zero-order valence-electron chi connectivity index (χ0n) is 6.40. The Morgan fingerprint density at radius 2 is 2.18 bits per heavy atom. The van der Waals surface area contributed by atoms with Crippen molar-refractivity contribution in [1.29, 1.82) is 0 Å². The Labute approximate surface area is 65.5 Å². The average Bonchev–Trinajstić information content (AvgIpc) is 2.68. The second-order valence-electron chi connectivity index (χ2n) is 3.35. The van der Waals surface area contributed by atoms with Crippen LogP contribution in [0.15, 0.2) is 5.29 Å². The summed E-state index contributed by atoms with van der Waals surface area (Å²) >= 11 is 0. The summed E-state index contributed by atoms with van der Waals surface area (Å²) in [6, 6.07) is 0. The van der Waals surface area contributed by atoms with E-state index in [-0.39, 0.29) is 6.10 Å². The molecule has 0 radical (unpaired) electrons. The molecule has 0 aromatic heterocycles. The van der Waals surface area contributed by atoms with Gasteiger partial charge in [-0.25, -0.2) is 0 Å².